The minimum absolute atomic E-state index is 0.137. The monoisotopic (exact) mass is 351 g/mol. The smallest absolute Gasteiger partial charge is 0.233 e. The van der Waals surface area contributed by atoms with E-state index in [0.717, 1.165) is 17.4 Å². The number of imidazole rings is 1. The molecular weight excluding hydrogens is 326 g/mol. The predicted molar refractivity (Wildman–Crippen MR) is 98.1 cm³/mol. The van der Waals surface area contributed by atoms with Crippen molar-refractivity contribution in [1.29, 1.82) is 0 Å². The molecule has 126 valence electrons. The lowest BCUT2D eigenvalue weighted by Gasteiger charge is -2.16. The van der Waals surface area contributed by atoms with Crippen molar-refractivity contribution in [2.24, 2.45) is 5.92 Å². The number of carbonyl (C=O) groups excluding carboxylic acids is 1. The van der Waals surface area contributed by atoms with Crippen LogP contribution in [0.15, 0.2) is 22.7 Å². The second-order valence-electron chi connectivity index (χ2n) is 6.19. The van der Waals surface area contributed by atoms with Gasteiger partial charge in [0.2, 0.25) is 5.91 Å². The van der Waals surface area contributed by atoms with E-state index in [9.17, 15) is 4.79 Å². The molecule has 0 bridgehead atoms. The summed E-state index contributed by atoms with van der Waals surface area (Å²) in [4.78, 5) is 20.0. The van der Waals surface area contributed by atoms with Crippen molar-refractivity contribution < 1.29 is 4.79 Å². The molecule has 0 aromatic carbocycles. The fourth-order valence-electron chi connectivity index (χ4n) is 2.27. The number of aromatic nitrogens is 2. The van der Waals surface area contributed by atoms with Crippen LogP contribution in [0.1, 0.15) is 30.1 Å². The van der Waals surface area contributed by atoms with E-state index in [1.807, 2.05) is 25.4 Å². The molecule has 0 spiro atoms. The summed E-state index contributed by atoms with van der Waals surface area (Å²) in [6.07, 6.45) is 0. The molecule has 0 aliphatic rings. The number of hydrogen-bond donors (Lipinski definition) is 0. The highest BCUT2D eigenvalue weighted by Crippen LogP contribution is 2.23. The largest absolute Gasteiger partial charge is 0.340 e. The molecule has 6 heteroatoms. The summed E-state index contributed by atoms with van der Waals surface area (Å²) in [5.41, 5.74) is 2.24. The Morgan fingerprint density at radius 2 is 2.17 bits per heavy atom. The van der Waals surface area contributed by atoms with Gasteiger partial charge in [0.15, 0.2) is 5.16 Å². The van der Waals surface area contributed by atoms with Crippen LogP contribution in [0.2, 0.25) is 0 Å². The van der Waals surface area contributed by atoms with Crippen LogP contribution in [0.3, 0.4) is 0 Å². The Hall–Kier alpha value is -1.27. The Balaban J connectivity index is 1.97. The lowest BCUT2D eigenvalue weighted by Crippen LogP contribution is -2.27. The number of rotatable bonds is 7. The van der Waals surface area contributed by atoms with Gasteiger partial charge in [0, 0.05) is 24.2 Å². The van der Waals surface area contributed by atoms with E-state index in [1.165, 1.54) is 22.3 Å². The van der Waals surface area contributed by atoms with Crippen molar-refractivity contribution >= 4 is 29.0 Å². The van der Waals surface area contributed by atoms with Gasteiger partial charge in [-0.25, -0.2) is 4.98 Å². The van der Waals surface area contributed by atoms with Crippen LogP contribution < -0.4 is 0 Å². The highest BCUT2D eigenvalue weighted by molar-refractivity contribution is 7.99. The molecule has 0 unspecified atom stereocenters. The minimum atomic E-state index is 0.137. The number of thiophene rings is 1. The number of hydrogen-bond acceptors (Lipinski definition) is 4. The van der Waals surface area contributed by atoms with Gasteiger partial charge in [-0.2, -0.15) is 0 Å². The third kappa shape index (κ3) is 4.85. The number of thioether (sulfide) groups is 1. The molecule has 0 atom stereocenters. The first kappa shape index (κ1) is 18.1. The third-order valence-electron chi connectivity index (χ3n) is 3.69. The van der Waals surface area contributed by atoms with E-state index in [2.05, 4.69) is 36.4 Å². The molecule has 2 aromatic rings. The molecule has 0 saturated carbocycles. The second kappa shape index (κ2) is 8.02. The molecule has 4 nitrogen and oxygen atoms in total. The highest BCUT2D eigenvalue weighted by Gasteiger charge is 2.16. The van der Waals surface area contributed by atoms with Crippen LogP contribution in [-0.4, -0.2) is 33.2 Å². The molecule has 0 saturated heterocycles. The first-order valence-corrected chi connectivity index (χ1v) is 9.68. The normalized spacial score (nSPS) is 11.2. The van der Waals surface area contributed by atoms with Crippen LogP contribution in [-0.2, 0) is 17.9 Å². The van der Waals surface area contributed by atoms with Crippen molar-refractivity contribution in [2.75, 3.05) is 12.8 Å². The summed E-state index contributed by atoms with van der Waals surface area (Å²) in [5, 5.41) is 2.99. The Kier molecular flexibility index (Phi) is 6.30. The quantitative estimate of drug-likeness (QED) is 0.709. The van der Waals surface area contributed by atoms with Crippen LogP contribution in [0.25, 0.3) is 0 Å². The van der Waals surface area contributed by atoms with Gasteiger partial charge in [-0.1, -0.05) is 31.7 Å². The van der Waals surface area contributed by atoms with E-state index in [1.54, 1.807) is 16.2 Å². The van der Waals surface area contributed by atoms with Crippen molar-refractivity contribution in [3.63, 3.8) is 0 Å². The topological polar surface area (TPSA) is 38.1 Å². The predicted octanol–water partition coefficient (Wildman–Crippen LogP) is 3.97. The average molecular weight is 352 g/mol. The maximum atomic E-state index is 12.3. The SMILES string of the molecule is Cc1nc(SCC(=O)N(C)Cc2cccs2)n(CC(C)C)c1C. The zero-order valence-electron chi connectivity index (χ0n) is 14.5. The zero-order chi connectivity index (χ0) is 17.0. The van der Waals surface area contributed by atoms with Crippen LogP contribution in [0.4, 0.5) is 0 Å². The van der Waals surface area contributed by atoms with E-state index in [-0.39, 0.29) is 5.91 Å². The fourth-order valence-corrected chi connectivity index (χ4v) is 4.07. The molecule has 0 aliphatic heterocycles. The highest BCUT2D eigenvalue weighted by atomic mass is 32.2. The molecule has 2 heterocycles. The molecule has 2 aromatic heterocycles. The van der Waals surface area contributed by atoms with E-state index in [4.69, 9.17) is 0 Å². The summed E-state index contributed by atoms with van der Waals surface area (Å²) in [7, 11) is 1.86. The van der Waals surface area contributed by atoms with Crippen molar-refractivity contribution in [3.8, 4) is 0 Å². The Labute approximate surface area is 146 Å². The lowest BCUT2D eigenvalue weighted by atomic mass is 10.2. The van der Waals surface area contributed by atoms with E-state index >= 15 is 0 Å². The first-order valence-electron chi connectivity index (χ1n) is 7.81. The maximum absolute atomic E-state index is 12.3. The molecule has 0 N–H and O–H groups in total. The van der Waals surface area contributed by atoms with Crippen molar-refractivity contribution in [2.45, 2.75) is 45.9 Å². The Bertz CT molecular complexity index is 647. The van der Waals surface area contributed by atoms with Gasteiger partial charge < -0.3 is 9.47 Å². The number of amides is 1. The Morgan fingerprint density at radius 1 is 1.43 bits per heavy atom. The van der Waals surface area contributed by atoms with Gasteiger partial charge >= 0.3 is 0 Å². The van der Waals surface area contributed by atoms with E-state index in [0.29, 0.717) is 18.2 Å². The third-order valence-corrected chi connectivity index (χ3v) is 5.52. The summed E-state index contributed by atoms with van der Waals surface area (Å²) in [6.45, 7) is 10.1. The summed E-state index contributed by atoms with van der Waals surface area (Å²) >= 11 is 3.22. The Morgan fingerprint density at radius 3 is 2.78 bits per heavy atom. The van der Waals surface area contributed by atoms with Crippen LogP contribution >= 0.6 is 23.1 Å². The van der Waals surface area contributed by atoms with Crippen molar-refractivity contribution in [1.82, 2.24) is 14.5 Å². The molecule has 0 fully saturated rings. The molecular formula is C17H25N3OS2. The van der Waals surface area contributed by atoms with Crippen LogP contribution in [0.5, 0.6) is 0 Å². The fraction of sp³-hybridized carbons (Fsp3) is 0.529. The van der Waals surface area contributed by atoms with Crippen molar-refractivity contribution in [3.05, 3.63) is 33.8 Å². The van der Waals surface area contributed by atoms with Gasteiger partial charge in [-0.05, 0) is 31.2 Å². The van der Waals surface area contributed by atoms with Gasteiger partial charge in [0.05, 0.1) is 18.0 Å². The number of nitrogens with zero attached hydrogens (tertiary/aromatic N) is 3. The zero-order valence-corrected chi connectivity index (χ0v) is 16.1. The number of carbonyl (C=O) groups is 1. The average Bonchev–Trinajstić information content (AvgIpc) is 3.08. The maximum Gasteiger partial charge on any atom is 0.233 e. The lowest BCUT2D eigenvalue weighted by molar-refractivity contribution is -0.127. The summed E-state index contributed by atoms with van der Waals surface area (Å²) in [6, 6.07) is 4.07. The van der Waals surface area contributed by atoms with Crippen LogP contribution in [0, 0.1) is 19.8 Å². The minimum Gasteiger partial charge on any atom is -0.340 e. The standard InChI is InChI=1S/C17H25N3OS2/c1-12(2)9-20-14(4)13(3)18-17(20)23-11-16(21)19(5)10-15-7-6-8-22-15/h6-8,12H,9-11H2,1-5H3. The molecule has 0 radical (unpaired) electrons. The van der Waals surface area contributed by atoms with Gasteiger partial charge in [-0.3, -0.25) is 4.79 Å². The first-order chi connectivity index (χ1) is 10.9. The van der Waals surface area contributed by atoms with Gasteiger partial charge in [-0.15, -0.1) is 11.3 Å². The van der Waals surface area contributed by atoms with E-state index < -0.39 is 0 Å². The molecule has 23 heavy (non-hydrogen) atoms. The summed E-state index contributed by atoms with van der Waals surface area (Å²) in [5.74, 6) is 1.12. The van der Waals surface area contributed by atoms with Gasteiger partial charge in [0.25, 0.3) is 0 Å². The van der Waals surface area contributed by atoms with Gasteiger partial charge in [0.1, 0.15) is 0 Å². The molecule has 0 aliphatic carbocycles. The number of aryl methyl sites for hydroxylation is 1. The second-order valence-corrected chi connectivity index (χ2v) is 8.16. The molecule has 1 amide bonds. The molecule has 2 rings (SSSR count). The summed E-state index contributed by atoms with van der Waals surface area (Å²) < 4.78 is 2.23.